The number of halogens is 1. The molecular formula is C16H18FNO2. The molecule has 1 N–H and O–H groups in total. The highest BCUT2D eigenvalue weighted by atomic mass is 19.1. The summed E-state index contributed by atoms with van der Waals surface area (Å²) in [5.74, 6) is 1.20. The average molecular weight is 275 g/mol. The van der Waals surface area contributed by atoms with Gasteiger partial charge >= 0.3 is 0 Å². The summed E-state index contributed by atoms with van der Waals surface area (Å²) in [5.41, 5.74) is 1.62. The zero-order valence-corrected chi connectivity index (χ0v) is 11.7. The molecule has 3 nitrogen and oxygen atoms in total. The zero-order valence-electron chi connectivity index (χ0n) is 11.7. The third-order valence-electron chi connectivity index (χ3n) is 3.07. The lowest BCUT2D eigenvalue weighted by Gasteiger charge is -2.13. The lowest BCUT2D eigenvalue weighted by molar-refractivity contribution is 0.350. The minimum absolute atomic E-state index is 0.197. The molecule has 0 heterocycles. The van der Waals surface area contributed by atoms with Crippen molar-refractivity contribution in [1.82, 2.24) is 5.32 Å². The minimum atomic E-state index is -0.197. The fourth-order valence-corrected chi connectivity index (χ4v) is 2.07. The lowest BCUT2D eigenvalue weighted by Crippen LogP contribution is -2.14. The number of para-hydroxylation sites is 1. The smallest absolute Gasteiger partial charge is 0.165 e. The molecule has 0 amide bonds. The van der Waals surface area contributed by atoms with Crippen LogP contribution in [0.25, 0.3) is 0 Å². The summed E-state index contributed by atoms with van der Waals surface area (Å²) in [5, 5.41) is 3.21. The fourth-order valence-electron chi connectivity index (χ4n) is 2.07. The fraction of sp³-hybridized carbons (Fsp3) is 0.250. The van der Waals surface area contributed by atoms with Gasteiger partial charge in [-0.25, -0.2) is 4.39 Å². The molecule has 0 bridgehead atoms. The van der Waals surface area contributed by atoms with Crippen LogP contribution in [0.1, 0.15) is 11.1 Å². The van der Waals surface area contributed by atoms with Crippen LogP contribution in [0.3, 0.4) is 0 Å². The van der Waals surface area contributed by atoms with E-state index in [1.54, 1.807) is 26.4 Å². The van der Waals surface area contributed by atoms with Crippen LogP contribution < -0.4 is 14.8 Å². The Morgan fingerprint density at radius 2 is 1.60 bits per heavy atom. The SMILES string of the molecule is COc1cccc(CNCc2ccccc2F)c1OC. The molecular weight excluding hydrogens is 257 g/mol. The Morgan fingerprint density at radius 3 is 2.30 bits per heavy atom. The molecule has 0 aliphatic carbocycles. The van der Waals surface area contributed by atoms with Crippen molar-refractivity contribution in [3.05, 3.63) is 59.4 Å². The first kappa shape index (κ1) is 14.3. The highest BCUT2D eigenvalue weighted by Crippen LogP contribution is 2.30. The summed E-state index contributed by atoms with van der Waals surface area (Å²) in [6.45, 7) is 1.04. The standard InChI is InChI=1S/C16H18FNO2/c1-19-15-9-5-7-13(16(15)20-2)11-18-10-12-6-3-4-8-14(12)17/h3-9,18H,10-11H2,1-2H3. The molecule has 2 rings (SSSR count). The van der Waals surface area contributed by atoms with Crippen molar-refractivity contribution in [2.24, 2.45) is 0 Å². The van der Waals surface area contributed by atoms with Gasteiger partial charge in [-0.3, -0.25) is 0 Å². The quantitative estimate of drug-likeness (QED) is 0.878. The number of rotatable bonds is 6. The van der Waals surface area contributed by atoms with Crippen LogP contribution in [-0.2, 0) is 13.1 Å². The molecule has 0 fully saturated rings. The van der Waals surface area contributed by atoms with Gasteiger partial charge < -0.3 is 14.8 Å². The maximum Gasteiger partial charge on any atom is 0.165 e. The van der Waals surface area contributed by atoms with E-state index in [0.29, 0.717) is 30.2 Å². The van der Waals surface area contributed by atoms with Crippen LogP contribution in [0.2, 0.25) is 0 Å². The molecule has 0 unspecified atom stereocenters. The first-order valence-corrected chi connectivity index (χ1v) is 6.40. The Kier molecular flexibility index (Phi) is 4.96. The zero-order chi connectivity index (χ0) is 14.4. The molecule has 2 aromatic carbocycles. The van der Waals surface area contributed by atoms with Crippen molar-refractivity contribution in [1.29, 1.82) is 0 Å². The molecule has 20 heavy (non-hydrogen) atoms. The number of nitrogens with one attached hydrogen (secondary N) is 1. The Morgan fingerprint density at radius 1 is 0.900 bits per heavy atom. The molecule has 0 aliphatic rings. The van der Waals surface area contributed by atoms with Gasteiger partial charge in [-0.15, -0.1) is 0 Å². The summed E-state index contributed by atoms with van der Waals surface area (Å²) >= 11 is 0. The first-order valence-electron chi connectivity index (χ1n) is 6.40. The maximum absolute atomic E-state index is 13.5. The predicted octanol–water partition coefficient (Wildman–Crippen LogP) is 3.13. The average Bonchev–Trinajstić information content (AvgIpc) is 2.48. The monoisotopic (exact) mass is 275 g/mol. The van der Waals surface area contributed by atoms with Crippen molar-refractivity contribution in [2.45, 2.75) is 13.1 Å². The van der Waals surface area contributed by atoms with E-state index in [0.717, 1.165) is 5.56 Å². The minimum Gasteiger partial charge on any atom is -0.493 e. The second-order valence-corrected chi connectivity index (χ2v) is 4.35. The second-order valence-electron chi connectivity index (χ2n) is 4.35. The van der Waals surface area contributed by atoms with Gasteiger partial charge in [0.2, 0.25) is 0 Å². The molecule has 0 atom stereocenters. The van der Waals surface area contributed by atoms with E-state index < -0.39 is 0 Å². The Hall–Kier alpha value is -2.07. The topological polar surface area (TPSA) is 30.5 Å². The predicted molar refractivity (Wildman–Crippen MR) is 76.5 cm³/mol. The highest BCUT2D eigenvalue weighted by Gasteiger charge is 2.09. The van der Waals surface area contributed by atoms with Crippen LogP contribution in [0.15, 0.2) is 42.5 Å². The molecule has 106 valence electrons. The third-order valence-corrected chi connectivity index (χ3v) is 3.07. The van der Waals surface area contributed by atoms with Crippen LogP contribution >= 0.6 is 0 Å². The number of hydrogen-bond donors (Lipinski definition) is 1. The van der Waals surface area contributed by atoms with Gasteiger partial charge in [-0.1, -0.05) is 30.3 Å². The van der Waals surface area contributed by atoms with Crippen LogP contribution in [-0.4, -0.2) is 14.2 Å². The van der Waals surface area contributed by atoms with Gasteiger partial charge in [0.1, 0.15) is 5.82 Å². The van der Waals surface area contributed by atoms with Gasteiger partial charge in [0, 0.05) is 24.2 Å². The van der Waals surface area contributed by atoms with E-state index in [-0.39, 0.29) is 5.82 Å². The summed E-state index contributed by atoms with van der Waals surface area (Å²) in [7, 11) is 3.21. The van der Waals surface area contributed by atoms with Gasteiger partial charge in [0.05, 0.1) is 14.2 Å². The van der Waals surface area contributed by atoms with Crippen molar-refractivity contribution in [3.8, 4) is 11.5 Å². The number of hydrogen-bond acceptors (Lipinski definition) is 3. The van der Waals surface area contributed by atoms with Gasteiger partial charge in [-0.2, -0.15) is 0 Å². The molecule has 4 heteroatoms. The lowest BCUT2D eigenvalue weighted by atomic mass is 10.1. The van der Waals surface area contributed by atoms with Crippen molar-refractivity contribution >= 4 is 0 Å². The van der Waals surface area contributed by atoms with Gasteiger partial charge in [-0.05, 0) is 12.1 Å². The summed E-state index contributed by atoms with van der Waals surface area (Å²) in [6.07, 6.45) is 0. The van der Waals surface area contributed by atoms with Crippen LogP contribution in [0.4, 0.5) is 4.39 Å². The molecule has 0 aromatic heterocycles. The largest absolute Gasteiger partial charge is 0.493 e. The Balaban J connectivity index is 2.03. The molecule has 0 spiro atoms. The molecule has 0 radical (unpaired) electrons. The van der Waals surface area contributed by atoms with E-state index in [9.17, 15) is 4.39 Å². The van der Waals surface area contributed by atoms with Crippen LogP contribution in [0.5, 0.6) is 11.5 Å². The summed E-state index contributed by atoms with van der Waals surface area (Å²) in [4.78, 5) is 0. The van der Waals surface area contributed by atoms with E-state index >= 15 is 0 Å². The number of ether oxygens (including phenoxy) is 2. The van der Waals surface area contributed by atoms with Crippen molar-refractivity contribution in [3.63, 3.8) is 0 Å². The first-order chi connectivity index (χ1) is 9.76. The third kappa shape index (κ3) is 3.27. The van der Waals surface area contributed by atoms with E-state index in [1.807, 2.05) is 24.3 Å². The normalized spacial score (nSPS) is 10.3. The van der Waals surface area contributed by atoms with Crippen molar-refractivity contribution in [2.75, 3.05) is 14.2 Å². The van der Waals surface area contributed by atoms with Crippen LogP contribution in [0, 0.1) is 5.82 Å². The maximum atomic E-state index is 13.5. The highest BCUT2D eigenvalue weighted by molar-refractivity contribution is 5.46. The van der Waals surface area contributed by atoms with E-state index in [2.05, 4.69) is 5.32 Å². The van der Waals surface area contributed by atoms with Gasteiger partial charge in [0.25, 0.3) is 0 Å². The van der Waals surface area contributed by atoms with E-state index in [1.165, 1.54) is 6.07 Å². The van der Waals surface area contributed by atoms with Gasteiger partial charge in [0.15, 0.2) is 11.5 Å². The molecule has 2 aromatic rings. The molecule has 0 saturated heterocycles. The second kappa shape index (κ2) is 6.91. The molecule has 0 aliphatic heterocycles. The Bertz CT molecular complexity index is 572. The number of benzene rings is 2. The number of methoxy groups -OCH3 is 2. The molecule has 0 saturated carbocycles. The summed E-state index contributed by atoms with van der Waals surface area (Å²) < 4.78 is 24.1. The summed E-state index contributed by atoms with van der Waals surface area (Å²) in [6, 6.07) is 12.4. The van der Waals surface area contributed by atoms with Crippen molar-refractivity contribution < 1.29 is 13.9 Å². The van der Waals surface area contributed by atoms with E-state index in [4.69, 9.17) is 9.47 Å². The Labute approximate surface area is 118 Å².